The molecule has 2 N–H and O–H groups in total. The lowest BCUT2D eigenvalue weighted by molar-refractivity contribution is 0.00578. The maximum Gasteiger partial charge on any atom is 0.492 e. The van der Waals surface area contributed by atoms with Gasteiger partial charge in [-0.2, -0.15) is 0 Å². The highest BCUT2D eigenvalue weighted by Crippen LogP contribution is 2.38. The van der Waals surface area contributed by atoms with Gasteiger partial charge in [-0.05, 0) is 44.3 Å². The van der Waals surface area contributed by atoms with Crippen LogP contribution in [0.5, 0.6) is 0 Å². The monoisotopic (exact) mass is 290 g/mol. The number of rotatable bonds is 4. The SMILES string of the molecule is CC1(C)OB(C(=Cc2ccc(CO)cc2)CO)OC1(C)C. The molecule has 0 atom stereocenters. The Morgan fingerprint density at radius 3 is 2.00 bits per heavy atom. The Kier molecular flexibility index (Phi) is 4.59. The molecule has 0 radical (unpaired) electrons. The second kappa shape index (κ2) is 5.93. The minimum Gasteiger partial charge on any atom is -0.400 e. The first-order valence-corrected chi connectivity index (χ1v) is 7.16. The van der Waals surface area contributed by atoms with Gasteiger partial charge in [0.25, 0.3) is 0 Å². The zero-order valence-corrected chi connectivity index (χ0v) is 13.1. The van der Waals surface area contributed by atoms with Gasteiger partial charge in [-0.3, -0.25) is 0 Å². The quantitative estimate of drug-likeness (QED) is 0.835. The lowest BCUT2D eigenvalue weighted by atomic mass is 9.77. The third-order valence-corrected chi connectivity index (χ3v) is 4.25. The van der Waals surface area contributed by atoms with Crippen LogP contribution in [-0.2, 0) is 15.9 Å². The van der Waals surface area contributed by atoms with Crippen LogP contribution in [0.1, 0.15) is 38.8 Å². The van der Waals surface area contributed by atoms with Gasteiger partial charge in [-0.15, -0.1) is 0 Å². The molecule has 5 heteroatoms. The van der Waals surface area contributed by atoms with Crippen molar-refractivity contribution in [3.8, 4) is 0 Å². The molecule has 21 heavy (non-hydrogen) atoms. The highest BCUT2D eigenvalue weighted by atomic mass is 16.7. The standard InChI is InChI=1S/C16H23BO4/c1-15(2)16(3,4)21-17(20-15)14(11-19)9-12-5-7-13(10-18)8-6-12/h5-9,18-19H,10-11H2,1-4H3. The maximum atomic E-state index is 9.62. The van der Waals surface area contributed by atoms with Crippen molar-refractivity contribution in [2.75, 3.05) is 6.61 Å². The van der Waals surface area contributed by atoms with Crippen LogP contribution >= 0.6 is 0 Å². The van der Waals surface area contributed by atoms with Gasteiger partial charge in [0.2, 0.25) is 0 Å². The highest BCUT2D eigenvalue weighted by molar-refractivity contribution is 6.55. The van der Waals surface area contributed by atoms with Crippen LogP contribution in [-0.4, -0.2) is 35.1 Å². The average molecular weight is 290 g/mol. The smallest absolute Gasteiger partial charge is 0.400 e. The molecule has 1 heterocycles. The van der Waals surface area contributed by atoms with Crippen LogP contribution in [0.4, 0.5) is 0 Å². The summed E-state index contributed by atoms with van der Waals surface area (Å²) in [5, 5.41) is 18.7. The van der Waals surface area contributed by atoms with Crippen molar-refractivity contribution >= 4 is 13.2 Å². The van der Waals surface area contributed by atoms with Crippen molar-refractivity contribution in [1.82, 2.24) is 0 Å². The molecule has 0 spiro atoms. The first-order valence-electron chi connectivity index (χ1n) is 7.16. The normalized spacial score (nSPS) is 20.9. The predicted molar refractivity (Wildman–Crippen MR) is 83.5 cm³/mol. The summed E-state index contributed by atoms with van der Waals surface area (Å²) < 4.78 is 11.9. The Morgan fingerprint density at radius 1 is 1.05 bits per heavy atom. The first-order chi connectivity index (χ1) is 9.79. The number of hydrogen-bond acceptors (Lipinski definition) is 4. The molecule has 114 valence electrons. The van der Waals surface area contributed by atoms with E-state index in [1.54, 1.807) is 0 Å². The molecule has 1 fully saturated rings. The van der Waals surface area contributed by atoms with Crippen molar-refractivity contribution in [2.45, 2.75) is 45.5 Å². The Bertz CT molecular complexity index is 504. The van der Waals surface area contributed by atoms with Crippen LogP contribution in [0.15, 0.2) is 29.7 Å². The fourth-order valence-electron chi connectivity index (χ4n) is 2.12. The van der Waals surface area contributed by atoms with E-state index in [1.807, 2.05) is 58.0 Å². The number of benzene rings is 1. The van der Waals surface area contributed by atoms with E-state index in [0.717, 1.165) is 11.1 Å². The van der Waals surface area contributed by atoms with Gasteiger partial charge in [0.15, 0.2) is 0 Å². The van der Waals surface area contributed by atoms with Gasteiger partial charge in [0.1, 0.15) is 0 Å². The van der Waals surface area contributed by atoms with E-state index in [0.29, 0.717) is 5.47 Å². The Morgan fingerprint density at radius 2 is 1.57 bits per heavy atom. The summed E-state index contributed by atoms with van der Waals surface area (Å²) in [7, 11) is -0.544. The second-order valence-electron chi connectivity index (χ2n) is 6.37. The molecule has 0 bridgehead atoms. The molecule has 2 rings (SSSR count). The van der Waals surface area contributed by atoms with Crippen LogP contribution < -0.4 is 0 Å². The van der Waals surface area contributed by atoms with Gasteiger partial charge < -0.3 is 19.5 Å². The molecular weight excluding hydrogens is 267 g/mol. The number of aliphatic hydroxyl groups excluding tert-OH is 2. The Hall–Kier alpha value is -1.14. The topological polar surface area (TPSA) is 58.9 Å². The van der Waals surface area contributed by atoms with E-state index in [-0.39, 0.29) is 13.2 Å². The van der Waals surface area contributed by atoms with Crippen molar-refractivity contribution < 1.29 is 19.5 Å². The first kappa shape index (κ1) is 16.2. The highest BCUT2D eigenvalue weighted by Gasteiger charge is 2.52. The number of hydrogen-bond donors (Lipinski definition) is 2. The molecule has 1 aromatic carbocycles. The van der Waals surface area contributed by atoms with Crippen molar-refractivity contribution in [2.24, 2.45) is 0 Å². The molecule has 0 aliphatic carbocycles. The van der Waals surface area contributed by atoms with Crippen molar-refractivity contribution in [3.63, 3.8) is 0 Å². The lowest BCUT2D eigenvalue weighted by Crippen LogP contribution is -2.41. The van der Waals surface area contributed by atoms with Gasteiger partial charge in [0, 0.05) is 0 Å². The summed E-state index contributed by atoms with van der Waals surface area (Å²) in [4.78, 5) is 0. The summed E-state index contributed by atoms with van der Waals surface area (Å²) in [6.45, 7) is 7.83. The molecule has 0 unspecified atom stereocenters. The van der Waals surface area contributed by atoms with Gasteiger partial charge in [0.05, 0.1) is 24.4 Å². The van der Waals surface area contributed by atoms with Gasteiger partial charge >= 0.3 is 7.12 Å². The fraction of sp³-hybridized carbons (Fsp3) is 0.500. The molecule has 0 saturated carbocycles. The Balaban J connectivity index is 2.22. The summed E-state index contributed by atoms with van der Waals surface area (Å²) >= 11 is 0. The van der Waals surface area contributed by atoms with Gasteiger partial charge in [-0.1, -0.05) is 30.3 Å². The van der Waals surface area contributed by atoms with Crippen LogP contribution in [0.2, 0.25) is 0 Å². The fourth-order valence-corrected chi connectivity index (χ4v) is 2.12. The minimum atomic E-state index is -0.544. The Labute approximate surface area is 126 Å². The molecule has 1 aromatic rings. The van der Waals surface area contributed by atoms with E-state index < -0.39 is 18.3 Å². The third-order valence-electron chi connectivity index (χ3n) is 4.25. The predicted octanol–water partition coefficient (Wildman–Crippen LogP) is 2.19. The van der Waals surface area contributed by atoms with Crippen LogP contribution in [0.3, 0.4) is 0 Å². The van der Waals surface area contributed by atoms with Gasteiger partial charge in [-0.25, -0.2) is 0 Å². The van der Waals surface area contributed by atoms with E-state index in [2.05, 4.69) is 0 Å². The maximum absolute atomic E-state index is 9.62. The van der Waals surface area contributed by atoms with E-state index in [1.165, 1.54) is 0 Å². The summed E-state index contributed by atoms with van der Waals surface area (Å²) in [5.41, 5.74) is 1.63. The average Bonchev–Trinajstić information content (AvgIpc) is 2.65. The molecule has 0 aromatic heterocycles. The zero-order valence-electron chi connectivity index (χ0n) is 13.1. The summed E-state index contributed by atoms with van der Waals surface area (Å²) in [5.74, 6) is 0. The van der Waals surface area contributed by atoms with Crippen LogP contribution in [0.25, 0.3) is 6.08 Å². The van der Waals surface area contributed by atoms with Crippen molar-refractivity contribution in [3.05, 3.63) is 40.9 Å². The van der Waals surface area contributed by atoms with E-state index in [9.17, 15) is 5.11 Å². The summed E-state index contributed by atoms with van der Waals surface area (Å²) in [6.07, 6.45) is 1.86. The minimum absolute atomic E-state index is 0.0219. The second-order valence-corrected chi connectivity index (χ2v) is 6.37. The lowest BCUT2D eigenvalue weighted by Gasteiger charge is -2.32. The zero-order chi connectivity index (χ0) is 15.7. The van der Waals surface area contributed by atoms with Crippen LogP contribution in [0, 0.1) is 0 Å². The molecule has 1 aliphatic heterocycles. The molecule has 1 saturated heterocycles. The third kappa shape index (κ3) is 3.38. The summed E-state index contributed by atoms with van der Waals surface area (Å²) in [6, 6.07) is 7.50. The number of aliphatic hydroxyl groups is 2. The largest absolute Gasteiger partial charge is 0.492 e. The molecule has 1 aliphatic rings. The molecule has 4 nitrogen and oxygen atoms in total. The molecular formula is C16H23BO4. The molecule has 0 amide bonds. The van der Waals surface area contributed by atoms with Crippen molar-refractivity contribution in [1.29, 1.82) is 0 Å². The van der Waals surface area contributed by atoms with E-state index in [4.69, 9.17) is 14.4 Å². The van der Waals surface area contributed by atoms with E-state index >= 15 is 0 Å².